The van der Waals surface area contributed by atoms with E-state index < -0.39 is 17.7 Å². The van der Waals surface area contributed by atoms with Gasteiger partial charge in [0.25, 0.3) is 5.79 Å². The molecule has 8 nitrogen and oxygen atoms in total. The highest BCUT2D eigenvalue weighted by molar-refractivity contribution is 7.20. The molecule has 0 radical (unpaired) electrons. The molecule has 0 saturated carbocycles. The van der Waals surface area contributed by atoms with Crippen LogP contribution >= 0.6 is 22.9 Å². The zero-order valence-electron chi connectivity index (χ0n) is 22.6. The van der Waals surface area contributed by atoms with E-state index in [2.05, 4.69) is 15.5 Å². The number of halogens is 2. The zero-order chi connectivity index (χ0) is 28.3. The SMILES string of the molecule is C[C@]1(C2CC=C(Cl)C=C2F)Oc2cccc(C3CCN(Cc4nc5sc(C(=O)O)cc5n4C[C@@H]4CCO4)CC3)c2O1. The summed E-state index contributed by atoms with van der Waals surface area (Å²) in [7, 11) is 0. The summed E-state index contributed by atoms with van der Waals surface area (Å²) in [6, 6.07) is 7.70. The van der Waals surface area contributed by atoms with Crippen molar-refractivity contribution in [2.24, 2.45) is 5.92 Å². The quantitative estimate of drug-likeness (QED) is 0.334. The van der Waals surface area contributed by atoms with Crippen LogP contribution < -0.4 is 9.47 Å². The van der Waals surface area contributed by atoms with Gasteiger partial charge in [0.1, 0.15) is 21.4 Å². The predicted octanol–water partition coefficient (Wildman–Crippen LogP) is 6.45. The van der Waals surface area contributed by atoms with Crippen LogP contribution in [0.3, 0.4) is 0 Å². The van der Waals surface area contributed by atoms with Gasteiger partial charge in [-0.15, -0.1) is 11.3 Å². The summed E-state index contributed by atoms with van der Waals surface area (Å²) >= 11 is 7.23. The van der Waals surface area contributed by atoms with Crippen LogP contribution in [-0.4, -0.2) is 57.1 Å². The van der Waals surface area contributed by atoms with Crippen molar-refractivity contribution in [3.05, 3.63) is 63.5 Å². The van der Waals surface area contributed by atoms with Gasteiger partial charge in [0, 0.05) is 24.1 Å². The molecule has 11 heteroatoms. The number of likely N-dealkylation sites (tertiary alicyclic amines) is 1. The number of benzene rings is 1. The average Bonchev–Trinajstić information content (AvgIpc) is 3.57. The number of aromatic nitrogens is 2. The maximum absolute atomic E-state index is 14.9. The number of rotatable bonds is 7. The summed E-state index contributed by atoms with van der Waals surface area (Å²) < 4.78 is 35.3. The van der Waals surface area contributed by atoms with Crippen molar-refractivity contribution in [1.82, 2.24) is 14.5 Å². The lowest BCUT2D eigenvalue weighted by atomic mass is 9.88. The molecule has 0 spiro atoms. The Morgan fingerprint density at radius 3 is 2.78 bits per heavy atom. The van der Waals surface area contributed by atoms with E-state index in [0.29, 0.717) is 40.9 Å². The fourth-order valence-electron chi connectivity index (χ4n) is 6.35. The highest BCUT2D eigenvalue weighted by Gasteiger charge is 2.48. The van der Waals surface area contributed by atoms with Gasteiger partial charge < -0.3 is 23.9 Å². The molecule has 1 unspecified atom stereocenters. The Hall–Kier alpha value is -2.92. The third kappa shape index (κ3) is 4.94. The summed E-state index contributed by atoms with van der Waals surface area (Å²) in [5, 5.41) is 9.85. The van der Waals surface area contributed by atoms with Crippen molar-refractivity contribution in [1.29, 1.82) is 0 Å². The summed E-state index contributed by atoms with van der Waals surface area (Å²) in [5.74, 6) is -0.352. The Balaban J connectivity index is 1.05. The van der Waals surface area contributed by atoms with E-state index in [1.54, 1.807) is 19.1 Å². The Morgan fingerprint density at radius 1 is 1.27 bits per heavy atom. The minimum Gasteiger partial charge on any atom is -0.477 e. The normalized spacial score (nSPS) is 26.6. The van der Waals surface area contributed by atoms with Crippen molar-refractivity contribution < 1.29 is 28.5 Å². The van der Waals surface area contributed by atoms with Crippen LogP contribution in [-0.2, 0) is 17.8 Å². The lowest BCUT2D eigenvalue weighted by Crippen LogP contribution is -2.44. The lowest BCUT2D eigenvalue weighted by molar-refractivity contribution is -0.104. The third-order valence-electron chi connectivity index (χ3n) is 8.73. The second-order valence-corrected chi connectivity index (χ2v) is 12.8. The van der Waals surface area contributed by atoms with Gasteiger partial charge in [-0.1, -0.05) is 29.8 Å². The van der Waals surface area contributed by atoms with Crippen molar-refractivity contribution in [2.45, 2.75) is 63.5 Å². The van der Waals surface area contributed by atoms with Crippen LogP contribution in [0.15, 0.2) is 47.3 Å². The van der Waals surface area contributed by atoms with E-state index in [4.69, 9.17) is 30.8 Å². The molecule has 5 heterocycles. The number of thiophene rings is 1. The maximum atomic E-state index is 14.9. The highest BCUT2D eigenvalue weighted by atomic mass is 35.5. The number of piperidine rings is 1. The van der Waals surface area contributed by atoms with Crippen LogP contribution in [0.2, 0.25) is 0 Å². The van der Waals surface area contributed by atoms with Crippen molar-refractivity contribution in [3.8, 4) is 11.5 Å². The Kier molecular flexibility index (Phi) is 6.84. The molecule has 2 fully saturated rings. The first-order valence-electron chi connectivity index (χ1n) is 14.1. The number of fused-ring (bicyclic) bond motifs is 2. The minimum atomic E-state index is -1.14. The van der Waals surface area contributed by atoms with Crippen molar-refractivity contribution in [3.63, 3.8) is 0 Å². The van der Waals surface area contributed by atoms with Gasteiger partial charge in [0.2, 0.25) is 0 Å². The number of allylic oxidation sites excluding steroid dienone is 3. The van der Waals surface area contributed by atoms with Gasteiger partial charge >= 0.3 is 5.97 Å². The smallest absolute Gasteiger partial charge is 0.346 e. The zero-order valence-corrected chi connectivity index (χ0v) is 24.2. The molecule has 1 aliphatic carbocycles. The molecule has 2 aromatic heterocycles. The Bertz CT molecular complexity index is 1570. The van der Waals surface area contributed by atoms with E-state index in [1.165, 1.54) is 17.4 Å². The van der Waals surface area contributed by atoms with E-state index in [1.807, 2.05) is 12.1 Å². The van der Waals surface area contributed by atoms with Crippen LogP contribution in [0.4, 0.5) is 4.39 Å². The Morgan fingerprint density at radius 2 is 2.07 bits per heavy atom. The molecular formula is C30H31ClFN3O5S. The van der Waals surface area contributed by atoms with Gasteiger partial charge in [0.15, 0.2) is 11.5 Å². The average molecular weight is 600 g/mol. The molecule has 0 bridgehead atoms. The fourth-order valence-corrected chi connectivity index (χ4v) is 7.44. The number of carboxylic acids is 1. The molecule has 3 atom stereocenters. The van der Waals surface area contributed by atoms with Gasteiger partial charge in [0.05, 0.1) is 30.6 Å². The first-order valence-corrected chi connectivity index (χ1v) is 15.3. The molecule has 4 aliphatic rings. The van der Waals surface area contributed by atoms with Gasteiger partial charge in [-0.05, 0) is 62.9 Å². The molecule has 1 N–H and O–H groups in total. The molecule has 3 aliphatic heterocycles. The molecule has 2 saturated heterocycles. The number of ether oxygens (including phenoxy) is 3. The summed E-state index contributed by atoms with van der Waals surface area (Å²) in [6.07, 6.45) is 6.58. The van der Waals surface area contributed by atoms with Crippen LogP contribution in [0.5, 0.6) is 11.5 Å². The third-order valence-corrected chi connectivity index (χ3v) is 10.00. The van der Waals surface area contributed by atoms with E-state index in [9.17, 15) is 14.3 Å². The van der Waals surface area contributed by atoms with Gasteiger partial charge in [-0.3, -0.25) is 4.90 Å². The summed E-state index contributed by atoms with van der Waals surface area (Å²) in [6.45, 7) is 5.71. The first kappa shape index (κ1) is 26.9. The second kappa shape index (κ2) is 10.4. The van der Waals surface area contributed by atoms with Gasteiger partial charge in [-0.25, -0.2) is 14.2 Å². The van der Waals surface area contributed by atoms with Crippen molar-refractivity contribution >= 4 is 39.3 Å². The standard InChI is InChI=1S/C30H31ClFN3O5S/c1-30(21-6-5-18(31)13-22(21)32)39-24-4-2-3-20(27(24)40-30)17-7-10-34(11-8-17)16-26-33-28-23(14-25(41-28)29(36)37)35(26)15-19-9-12-38-19/h2-5,13-14,17,19,21H,6-12,15-16H2,1H3,(H,36,37)/t19-,21?,30-/m0/s1. The van der Waals surface area contributed by atoms with Crippen LogP contribution in [0.1, 0.15) is 59.6 Å². The lowest BCUT2D eigenvalue weighted by Gasteiger charge is -2.34. The summed E-state index contributed by atoms with van der Waals surface area (Å²) in [4.78, 5) is 19.8. The number of hydrogen-bond donors (Lipinski definition) is 1. The first-order chi connectivity index (χ1) is 19.8. The van der Waals surface area contributed by atoms with Gasteiger partial charge in [-0.2, -0.15) is 0 Å². The number of para-hydroxylation sites is 1. The van der Waals surface area contributed by atoms with Crippen molar-refractivity contribution in [2.75, 3.05) is 19.7 Å². The number of aromatic carboxylic acids is 1. The van der Waals surface area contributed by atoms with E-state index >= 15 is 0 Å². The van der Waals surface area contributed by atoms with Crippen LogP contribution in [0.25, 0.3) is 10.3 Å². The fraction of sp³-hybridized carbons (Fsp3) is 0.467. The number of carbonyl (C=O) groups is 1. The molecule has 41 heavy (non-hydrogen) atoms. The predicted molar refractivity (Wildman–Crippen MR) is 154 cm³/mol. The molecule has 1 aromatic carbocycles. The topological polar surface area (TPSA) is 86.1 Å². The molecular weight excluding hydrogens is 569 g/mol. The molecule has 3 aromatic rings. The summed E-state index contributed by atoms with van der Waals surface area (Å²) in [5.41, 5.74) is 1.97. The van der Waals surface area contributed by atoms with Crippen LogP contribution in [0, 0.1) is 5.92 Å². The minimum absolute atomic E-state index is 0.142. The molecule has 0 amide bonds. The van der Waals surface area contributed by atoms with E-state index in [0.717, 1.165) is 60.7 Å². The number of nitrogens with zero attached hydrogens (tertiary/aromatic N) is 3. The maximum Gasteiger partial charge on any atom is 0.346 e. The largest absolute Gasteiger partial charge is 0.477 e. The molecule has 7 rings (SSSR count). The van der Waals surface area contributed by atoms with E-state index in [-0.39, 0.29) is 17.8 Å². The number of imidazole rings is 1. The Labute approximate surface area is 246 Å². The second-order valence-electron chi connectivity index (χ2n) is 11.4. The monoisotopic (exact) mass is 599 g/mol. The highest BCUT2D eigenvalue weighted by Crippen LogP contribution is 2.50. The number of carboxylic acid groups (broad SMARTS) is 1. The number of hydrogen-bond acceptors (Lipinski definition) is 7. The molecule has 216 valence electrons.